The van der Waals surface area contributed by atoms with Gasteiger partial charge in [-0.3, -0.25) is 0 Å². The Bertz CT molecular complexity index is 2910. The molecule has 0 aliphatic rings. The molecule has 0 aliphatic heterocycles. The highest BCUT2D eigenvalue weighted by atomic mass is 16.3. The third kappa shape index (κ3) is 5.73. The first-order valence-electron chi connectivity index (χ1n) is 17.8. The maximum absolute atomic E-state index is 6.29. The second kappa shape index (κ2) is 12.9. The maximum atomic E-state index is 6.29. The molecule has 0 spiro atoms. The summed E-state index contributed by atoms with van der Waals surface area (Å²) in [7, 11) is 0. The van der Waals surface area contributed by atoms with E-state index in [2.05, 4.69) is 140 Å². The zero-order valence-electron chi connectivity index (χ0n) is 28.6. The molecular formula is C49H31N3O. The van der Waals surface area contributed by atoms with E-state index in [0.717, 1.165) is 71.7 Å². The van der Waals surface area contributed by atoms with Crippen LogP contribution < -0.4 is 0 Å². The lowest BCUT2D eigenvalue weighted by Crippen LogP contribution is -2.00. The Morgan fingerprint density at radius 3 is 1.43 bits per heavy atom. The van der Waals surface area contributed by atoms with Crippen LogP contribution in [0.4, 0.5) is 0 Å². The van der Waals surface area contributed by atoms with Crippen molar-refractivity contribution in [2.24, 2.45) is 0 Å². The SMILES string of the molecule is c1ccc(-c2ccc(-c3cccc(-c4nc(-c5ccccc5)nc(-c5ccc(-c6ccc7c(ccc8c9ccccc9oc78)c6)cc5)n4)c3)cc2)cc1. The zero-order chi connectivity index (χ0) is 35.1. The van der Waals surface area contributed by atoms with Crippen molar-refractivity contribution in [2.45, 2.75) is 0 Å². The van der Waals surface area contributed by atoms with Crippen molar-refractivity contribution in [1.29, 1.82) is 0 Å². The van der Waals surface area contributed by atoms with Crippen molar-refractivity contribution in [3.63, 3.8) is 0 Å². The average Bonchev–Trinajstić information content (AvgIpc) is 3.63. The highest BCUT2D eigenvalue weighted by Crippen LogP contribution is 2.36. The fraction of sp³-hybridized carbons (Fsp3) is 0. The standard InChI is InChI=1S/C49H31N3O/c1-3-10-32(11-4-1)33-18-20-34(21-19-33)38-14-9-15-41(31-38)49-51-47(36-12-5-2-6-13-36)50-48(52-49)37-24-22-35(23-25-37)39-26-28-42-40(30-39)27-29-44-43-16-7-8-17-45(43)53-46(42)44/h1-31H. The van der Waals surface area contributed by atoms with Crippen LogP contribution in [0.25, 0.3) is 100 Å². The van der Waals surface area contributed by atoms with Gasteiger partial charge in [0, 0.05) is 32.8 Å². The normalized spacial score (nSPS) is 11.4. The number of fused-ring (bicyclic) bond motifs is 5. The molecule has 0 unspecified atom stereocenters. The largest absolute Gasteiger partial charge is 0.455 e. The van der Waals surface area contributed by atoms with E-state index in [1.807, 2.05) is 48.5 Å². The minimum absolute atomic E-state index is 0.629. The van der Waals surface area contributed by atoms with Gasteiger partial charge in [0.15, 0.2) is 17.5 Å². The van der Waals surface area contributed by atoms with E-state index in [4.69, 9.17) is 19.4 Å². The van der Waals surface area contributed by atoms with Crippen molar-refractivity contribution >= 4 is 32.7 Å². The summed E-state index contributed by atoms with van der Waals surface area (Å²) in [6.07, 6.45) is 0. The van der Waals surface area contributed by atoms with Crippen molar-refractivity contribution in [3.8, 4) is 67.5 Å². The van der Waals surface area contributed by atoms with Gasteiger partial charge >= 0.3 is 0 Å². The molecule has 8 aromatic carbocycles. The summed E-state index contributed by atoms with van der Waals surface area (Å²) in [6.45, 7) is 0. The Balaban J connectivity index is 0.997. The van der Waals surface area contributed by atoms with Gasteiger partial charge in [0.25, 0.3) is 0 Å². The maximum Gasteiger partial charge on any atom is 0.164 e. The molecule has 0 fully saturated rings. The number of rotatable bonds is 6. The van der Waals surface area contributed by atoms with Crippen LogP contribution in [-0.4, -0.2) is 15.0 Å². The molecule has 2 heterocycles. The van der Waals surface area contributed by atoms with E-state index in [1.54, 1.807) is 0 Å². The lowest BCUT2D eigenvalue weighted by atomic mass is 9.98. The van der Waals surface area contributed by atoms with Crippen molar-refractivity contribution in [1.82, 2.24) is 15.0 Å². The van der Waals surface area contributed by atoms with Gasteiger partial charge < -0.3 is 4.42 Å². The number of nitrogens with zero attached hydrogens (tertiary/aromatic N) is 3. The van der Waals surface area contributed by atoms with E-state index >= 15 is 0 Å². The molecule has 53 heavy (non-hydrogen) atoms. The van der Waals surface area contributed by atoms with Crippen LogP contribution in [0.5, 0.6) is 0 Å². The molecule has 0 bridgehead atoms. The number of hydrogen-bond acceptors (Lipinski definition) is 4. The van der Waals surface area contributed by atoms with Crippen molar-refractivity contribution < 1.29 is 4.42 Å². The van der Waals surface area contributed by atoms with Crippen LogP contribution in [0.2, 0.25) is 0 Å². The number of benzene rings is 8. The Hall–Kier alpha value is -7.17. The molecule has 10 aromatic rings. The second-order valence-electron chi connectivity index (χ2n) is 13.3. The summed E-state index contributed by atoms with van der Waals surface area (Å²) < 4.78 is 6.29. The van der Waals surface area contributed by atoms with Crippen LogP contribution in [0.3, 0.4) is 0 Å². The monoisotopic (exact) mass is 677 g/mol. The minimum atomic E-state index is 0.629. The predicted octanol–water partition coefficient (Wildman–Crippen LogP) is 12.9. The number of aromatic nitrogens is 3. The van der Waals surface area contributed by atoms with Crippen LogP contribution in [0.1, 0.15) is 0 Å². The van der Waals surface area contributed by atoms with Gasteiger partial charge in [-0.2, -0.15) is 0 Å². The summed E-state index contributed by atoms with van der Waals surface area (Å²) in [5, 5.41) is 4.53. The summed E-state index contributed by atoms with van der Waals surface area (Å²) in [6, 6.07) is 65.3. The molecule has 0 amide bonds. The Kier molecular flexibility index (Phi) is 7.43. The topological polar surface area (TPSA) is 51.8 Å². The van der Waals surface area contributed by atoms with Crippen LogP contribution in [-0.2, 0) is 0 Å². The molecule has 0 saturated carbocycles. The smallest absolute Gasteiger partial charge is 0.164 e. The van der Waals surface area contributed by atoms with Crippen LogP contribution in [0, 0.1) is 0 Å². The molecule has 4 nitrogen and oxygen atoms in total. The lowest BCUT2D eigenvalue weighted by Gasteiger charge is -2.11. The molecule has 10 rings (SSSR count). The number of hydrogen-bond donors (Lipinski definition) is 0. The van der Waals surface area contributed by atoms with Crippen molar-refractivity contribution in [2.75, 3.05) is 0 Å². The number of furan rings is 1. The van der Waals surface area contributed by atoms with Gasteiger partial charge in [-0.1, -0.05) is 158 Å². The average molecular weight is 678 g/mol. The van der Waals surface area contributed by atoms with E-state index in [0.29, 0.717) is 17.5 Å². The molecule has 2 aromatic heterocycles. The quantitative estimate of drug-likeness (QED) is 0.176. The summed E-state index contributed by atoms with van der Waals surface area (Å²) in [5.41, 5.74) is 11.5. The highest BCUT2D eigenvalue weighted by molar-refractivity contribution is 6.15. The summed E-state index contributed by atoms with van der Waals surface area (Å²) in [5.74, 6) is 1.90. The summed E-state index contributed by atoms with van der Waals surface area (Å²) >= 11 is 0. The van der Waals surface area contributed by atoms with Crippen LogP contribution >= 0.6 is 0 Å². The zero-order valence-corrected chi connectivity index (χ0v) is 28.6. The first-order chi connectivity index (χ1) is 26.2. The number of para-hydroxylation sites is 1. The predicted molar refractivity (Wildman–Crippen MR) is 217 cm³/mol. The third-order valence-corrected chi connectivity index (χ3v) is 9.95. The van der Waals surface area contributed by atoms with Gasteiger partial charge in [-0.25, -0.2) is 15.0 Å². The van der Waals surface area contributed by atoms with Crippen molar-refractivity contribution in [3.05, 3.63) is 188 Å². The Morgan fingerprint density at radius 2 is 0.736 bits per heavy atom. The van der Waals surface area contributed by atoms with Crippen LogP contribution in [0.15, 0.2) is 192 Å². The molecular weight excluding hydrogens is 647 g/mol. The van der Waals surface area contributed by atoms with E-state index in [-0.39, 0.29) is 0 Å². The van der Waals surface area contributed by atoms with E-state index in [1.165, 1.54) is 11.1 Å². The highest BCUT2D eigenvalue weighted by Gasteiger charge is 2.15. The molecule has 0 aliphatic carbocycles. The van der Waals surface area contributed by atoms with Gasteiger partial charge in [0.2, 0.25) is 0 Å². The molecule has 0 radical (unpaired) electrons. The lowest BCUT2D eigenvalue weighted by molar-refractivity contribution is 0.672. The first-order valence-corrected chi connectivity index (χ1v) is 17.8. The Morgan fingerprint density at radius 1 is 0.283 bits per heavy atom. The fourth-order valence-electron chi connectivity index (χ4n) is 7.18. The van der Waals surface area contributed by atoms with Gasteiger partial charge in [0.05, 0.1) is 0 Å². The van der Waals surface area contributed by atoms with Gasteiger partial charge in [0.1, 0.15) is 11.2 Å². The molecule has 0 saturated heterocycles. The van der Waals surface area contributed by atoms with E-state index < -0.39 is 0 Å². The first kappa shape index (κ1) is 30.6. The fourth-order valence-corrected chi connectivity index (χ4v) is 7.18. The van der Waals surface area contributed by atoms with Gasteiger partial charge in [-0.15, -0.1) is 0 Å². The van der Waals surface area contributed by atoms with E-state index in [9.17, 15) is 0 Å². The second-order valence-corrected chi connectivity index (χ2v) is 13.3. The molecule has 0 N–H and O–H groups in total. The third-order valence-electron chi connectivity index (χ3n) is 9.95. The molecule has 0 atom stereocenters. The summed E-state index contributed by atoms with van der Waals surface area (Å²) in [4.78, 5) is 15.0. The minimum Gasteiger partial charge on any atom is -0.455 e. The molecule has 4 heteroatoms. The Labute approximate surface area is 306 Å². The molecule has 248 valence electrons. The van der Waals surface area contributed by atoms with Gasteiger partial charge in [-0.05, 0) is 69.1 Å².